The van der Waals surface area contributed by atoms with Crippen molar-refractivity contribution in [3.8, 4) is 0 Å². The maximum atomic E-state index is 13.4. The lowest BCUT2D eigenvalue weighted by molar-refractivity contribution is 0.200. The SMILES string of the molecule is CC(C)C(C)N(C)Cc1cc(F)cc(C(=N)N)c1. The lowest BCUT2D eigenvalue weighted by atomic mass is 10.0. The van der Waals surface area contributed by atoms with Gasteiger partial charge in [0.05, 0.1) is 0 Å². The number of benzene rings is 1. The molecule has 3 nitrogen and oxygen atoms in total. The molecule has 0 aliphatic rings. The molecule has 1 atom stereocenters. The Hall–Kier alpha value is -1.42. The number of amidine groups is 1. The summed E-state index contributed by atoms with van der Waals surface area (Å²) in [5.74, 6) is 0.0921. The quantitative estimate of drug-likeness (QED) is 0.624. The van der Waals surface area contributed by atoms with E-state index in [-0.39, 0.29) is 11.7 Å². The summed E-state index contributed by atoms with van der Waals surface area (Å²) in [5, 5.41) is 7.36. The Bertz CT molecular complexity index is 429. The van der Waals surface area contributed by atoms with Crippen LogP contribution in [0.15, 0.2) is 18.2 Å². The van der Waals surface area contributed by atoms with E-state index in [0.29, 0.717) is 24.1 Å². The molecule has 0 amide bonds. The van der Waals surface area contributed by atoms with Gasteiger partial charge in [-0.25, -0.2) is 4.39 Å². The van der Waals surface area contributed by atoms with E-state index in [1.165, 1.54) is 12.1 Å². The van der Waals surface area contributed by atoms with Crippen molar-refractivity contribution in [2.75, 3.05) is 7.05 Å². The predicted molar refractivity (Wildman–Crippen MR) is 73.2 cm³/mol. The molecule has 4 heteroatoms. The van der Waals surface area contributed by atoms with Crippen LogP contribution in [-0.4, -0.2) is 23.8 Å². The van der Waals surface area contributed by atoms with Gasteiger partial charge < -0.3 is 5.73 Å². The molecule has 1 rings (SSSR count). The molecule has 3 N–H and O–H groups in total. The van der Waals surface area contributed by atoms with Gasteiger partial charge in [0.1, 0.15) is 11.7 Å². The topological polar surface area (TPSA) is 53.1 Å². The third-order valence-electron chi connectivity index (χ3n) is 3.36. The highest BCUT2D eigenvalue weighted by Gasteiger charge is 2.14. The molecule has 0 heterocycles. The average Bonchev–Trinajstić information content (AvgIpc) is 2.26. The summed E-state index contributed by atoms with van der Waals surface area (Å²) in [4.78, 5) is 2.17. The van der Waals surface area contributed by atoms with Crippen LogP contribution in [0.1, 0.15) is 31.9 Å². The second-order valence-corrected chi connectivity index (χ2v) is 5.16. The molecule has 100 valence electrons. The molecular weight excluding hydrogens is 229 g/mol. The van der Waals surface area contributed by atoms with Gasteiger partial charge in [0.25, 0.3) is 0 Å². The van der Waals surface area contributed by atoms with Crippen LogP contribution < -0.4 is 5.73 Å². The van der Waals surface area contributed by atoms with Crippen LogP contribution >= 0.6 is 0 Å². The first kappa shape index (κ1) is 14.6. The van der Waals surface area contributed by atoms with E-state index < -0.39 is 0 Å². The lowest BCUT2D eigenvalue weighted by Gasteiger charge is -2.28. The minimum atomic E-state index is -0.344. The molecule has 0 bridgehead atoms. The van der Waals surface area contributed by atoms with E-state index in [1.54, 1.807) is 6.07 Å². The molecular formula is C14H22FN3. The van der Waals surface area contributed by atoms with Crippen molar-refractivity contribution in [1.82, 2.24) is 4.90 Å². The van der Waals surface area contributed by atoms with Crippen LogP contribution in [0.3, 0.4) is 0 Å². The normalized spacial score (nSPS) is 13.1. The molecule has 0 saturated carbocycles. The Labute approximate surface area is 108 Å². The van der Waals surface area contributed by atoms with Crippen molar-refractivity contribution in [1.29, 1.82) is 5.41 Å². The summed E-state index contributed by atoms with van der Waals surface area (Å²) >= 11 is 0. The molecule has 0 saturated heterocycles. The third kappa shape index (κ3) is 3.81. The second-order valence-electron chi connectivity index (χ2n) is 5.16. The summed E-state index contributed by atoms with van der Waals surface area (Å²) in [5.41, 5.74) is 6.68. The number of nitrogens with one attached hydrogen (secondary N) is 1. The Kier molecular flexibility index (Phi) is 4.84. The van der Waals surface area contributed by atoms with E-state index in [2.05, 4.69) is 25.7 Å². The summed E-state index contributed by atoms with van der Waals surface area (Å²) in [6.07, 6.45) is 0. The maximum absolute atomic E-state index is 13.4. The van der Waals surface area contributed by atoms with Gasteiger partial charge in [-0.15, -0.1) is 0 Å². The van der Waals surface area contributed by atoms with E-state index in [4.69, 9.17) is 11.1 Å². The molecule has 0 fully saturated rings. The van der Waals surface area contributed by atoms with Gasteiger partial charge in [-0.3, -0.25) is 10.3 Å². The van der Waals surface area contributed by atoms with E-state index in [1.807, 2.05) is 7.05 Å². The zero-order chi connectivity index (χ0) is 13.9. The number of rotatable bonds is 5. The van der Waals surface area contributed by atoms with Gasteiger partial charge in [-0.1, -0.05) is 13.8 Å². The maximum Gasteiger partial charge on any atom is 0.124 e. The van der Waals surface area contributed by atoms with Gasteiger partial charge in [0.2, 0.25) is 0 Å². The number of nitrogens with two attached hydrogens (primary N) is 1. The molecule has 1 unspecified atom stereocenters. The number of nitrogens with zero attached hydrogens (tertiary/aromatic N) is 1. The van der Waals surface area contributed by atoms with Crippen molar-refractivity contribution in [3.63, 3.8) is 0 Å². The van der Waals surface area contributed by atoms with Crippen LogP contribution in [0, 0.1) is 17.1 Å². The van der Waals surface area contributed by atoms with E-state index >= 15 is 0 Å². The van der Waals surface area contributed by atoms with Crippen molar-refractivity contribution < 1.29 is 4.39 Å². The highest BCUT2D eigenvalue weighted by molar-refractivity contribution is 5.95. The van der Waals surface area contributed by atoms with Crippen molar-refractivity contribution in [2.24, 2.45) is 11.7 Å². The summed E-state index contributed by atoms with van der Waals surface area (Å²) in [7, 11) is 2.02. The molecule has 1 aromatic rings. The average molecular weight is 251 g/mol. The summed E-state index contributed by atoms with van der Waals surface area (Å²) in [6.45, 7) is 7.12. The number of hydrogen-bond acceptors (Lipinski definition) is 2. The molecule has 1 aromatic carbocycles. The first-order valence-electron chi connectivity index (χ1n) is 6.15. The standard InChI is InChI=1S/C14H22FN3/c1-9(2)10(3)18(4)8-11-5-12(14(16)17)7-13(15)6-11/h5-7,9-10H,8H2,1-4H3,(H3,16,17). The molecule has 0 aliphatic carbocycles. The minimum Gasteiger partial charge on any atom is -0.384 e. The fourth-order valence-electron chi connectivity index (χ4n) is 1.84. The lowest BCUT2D eigenvalue weighted by Crippen LogP contribution is -2.32. The smallest absolute Gasteiger partial charge is 0.124 e. The number of nitrogen functional groups attached to an aromatic ring is 1. The van der Waals surface area contributed by atoms with Crippen molar-refractivity contribution in [2.45, 2.75) is 33.4 Å². The number of halogens is 1. The third-order valence-corrected chi connectivity index (χ3v) is 3.36. The van der Waals surface area contributed by atoms with Crippen LogP contribution in [0.2, 0.25) is 0 Å². The summed E-state index contributed by atoms with van der Waals surface area (Å²) < 4.78 is 13.4. The van der Waals surface area contributed by atoms with Gasteiger partial charge in [0.15, 0.2) is 0 Å². The molecule has 0 spiro atoms. The van der Waals surface area contributed by atoms with Gasteiger partial charge in [-0.05, 0) is 43.7 Å². The Morgan fingerprint density at radius 1 is 1.33 bits per heavy atom. The van der Waals surface area contributed by atoms with Crippen LogP contribution in [0.5, 0.6) is 0 Å². The number of hydrogen-bond donors (Lipinski definition) is 2. The van der Waals surface area contributed by atoms with Crippen molar-refractivity contribution >= 4 is 5.84 Å². The van der Waals surface area contributed by atoms with Gasteiger partial charge in [-0.2, -0.15) is 0 Å². The molecule has 18 heavy (non-hydrogen) atoms. The Balaban J connectivity index is 2.87. The van der Waals surface area contributed by atoms with Gasteiger partial charge >= 0.3 is 0 Å². The highest BCUT2D eigenvalue weighted by atomic mass is 19.1. The zero-order valence-electron chi connectivity index (χ0n) is 11.5. The minimum absolute atomic E-state index is 0.102. The van der Waals surface area contributed by atoms with E-state index in [9.17, 15) is 4.39 Å². The fourth-order valence-corrected chi connectivity index (χ4v) is 1.84. The van der Waals surface area contributed by atoms with Gasteiger partial charge in [0, 0.05) is 18.2 Å². The van der Waals surface area contributed by atoms with Crippen LogP contribution in [-0.2, 0) is 6.54 Å². The molecule has 0 radical (unpaired) electrons. The van der Waals surface area contributed by atoms with Crippen LogP contribution in [0.4, 0.5) is 4.39 Å². The van der Waals surface area contributed by atoms with E-state index in [0.717, 1.165) is 5.56 Å². The first-order chi connectivity index (χ1) is 8.31. The monoisotopic (exact) mass is 251 g/mol. The summed E-state index contributed by atoms with van der Waals surface area (Å²) in [6, 6.07) is 4.97. The Morgan fingerprint density at radius 2 is 1.94 bits per heavy atom. The Morgan fingerprint density at radius 3 is 2.44 bits per heavy atom. The fraction of sp³-hybridized carbons (Fsp3) is 0.500. The second kappa shape index (κ2) is 5.96. The predicted octanol–water partition coefficient (Wildman–Crippen LogP) is 2.59. The first-order valence-corrected chi connectivity index (χ1v) is 6.15. The zero-order valence-corrected chi connectivity index (χ0v) is 11.5. The van der Waals surface area contributed by atoms with Crippen molar-refractivity contribution in [3.05, 3.63) is 35.1 Å². The molecule has 0 aliphatic heterocycles. The largest absolute Gasteiger partial charge is 0.384 e. The highest BCUT2D eigenvalue weighted by Crippen LogP contribution is 2.15. The van der Waals surface area contributed by atoms with Crippen LogP contribution in [0.25, 0.3) is 0 Å². The molecule has 0 aromatic heterocycles.